The first-order valence-corrected chi connectivity index (χ1v) is 12.2. The van der Waals surface area contributed by atoms with Gasteiger partial charge in [0, 0.05) is 17.5 Å². The van der Waals surface area contributed by atoms with Crippen molar-refractivity contribution in [2.24, 2.45) is 22.4 Å². The highest BCUT2D eigenvalue weighted by Gasteiger charge is 2.53. The number of hydrogen-bond donors (Lipinski definition) is 2. The Labute approximate surface area is 181 Å². The maximum atomic E-state index is 12.3. The van der Waals surface area contributed by atoms with Gasteiger partial charge in [-0.3, -0.25) is 4.79 Å². The van der Waals surface area contributed by atoms with E-state index in [1.54, 1.807) is 0 Å². The Morgan fingerprint density at radius 1 is 1.17 bits per heavy atom. The van der Waals surface area contributed by atoms with Crippen molar-refractivity contribution in [3.8, 4) is 5.75 Å². The summed E-state index contributed by atoms with van der Waals surface area (Å²) < 4.78 is 0. The number of benzene rings is 1. The van der Waals surface area contributed by atoms with Gasteiger partial charge in [0.15, 0.2) is 0 Å². The number of hydrazone groups is 1. The van der Waals surface area contributed by atoms with Gasteiger partial charge in [0.1, 0.15) is 5.75 Å². The number of unbranched alkanes of at least 4 members (excludes halogenated alkanes) is 4. The molecule has 1 amide bonds. The van der Waals surface area contributed by atoms with Crippen LogP contribution in [0.2, 0.25) is 0 Å². The summed E-state index contributed by atoms with van der Waals surface area (Å²) in [4.78, 5) is 12.3. The van der Waals surface area contributed by atoms with Crippen LogP contribution in [0, 0.1) is 17.3 Å². The molecule has 164 valence electrons. The van der Waals surface area contributed by atoms with Crippen molar-refractivity contribution >= 4 is 11.6 Å². The molecule has 4 nitrogen and oxygen atoms in total. The number of rotatable bonds is 7. The lowest BCUT2D eigenvalue weighted by Gasteiger charge is -2.49. The fraction of sp³-hybridized carbons (Fsp3) is 0.692. The van der Waals surface area contributed by atoms with Gasteiger partial charge >= 0.3 is 0 Å². The van der Waals surface area contributed by atoms with Crippen molar-refractivity contribution in [1.82, 2.24) is 5.43 Å². The molecule has 0 heterocycles. The Kier molecular flexibility index (Phi) is 6.50. The molecule has 2 fully saturated rings. The number of nitrogens with zero attached hydrogens (tertiary/aromatic N) is 1. The molecule has 0 saturated heterocycles. The standard InChI is InChI=1S/C26H38N2O2/c1-3-4-5-6-7-8-25(30)28-27-24-14-13-23-22-11-9-18-17-19(29)10-12-20(18)21(22)15-16-26(23,24)2/h10,12,17,21-23,29H,3-9,11,13-16H2,1-2H3,(H,28,30)/b27-24+. The van der Waals surface area contributed by atoms with Crippen LogP contribution in [0.4, 0.5) is 0 Å². The first-order valence-electron chi connectivity index (χ1n) is 12.2. The second-order valence-corrected chi connectivity index (χ2v) is 10.1. The van der Waals surface area contributed by atoms with E-state index in [0.29, 0.717) is 29.9 Å². The van der Waals surface area contributed by atoms with Crippen LogP contribution in [-0.2, 0) is 11.2 Å². The molecule has 0 radical (unpaired) electrons. The molecule has 1 aromatic carbocycles. The van der Waals surface area contributed by atoms with Crippen molar-refractivity contribution in [2.75, 3.05) is 0 Å². The number of fused-ring (bicyclic) bond motifs is 5. The molecule has 4 unspecified atom stereocenters. The Balaban J connectivity index is 1.38. The van der Waals surface area contributed by atoms with E-state index >= 15 is 0 Å². The van der Waals surface area contributed by atoms with E-state index in [1.165, 1.54) is 55.4 Å². The third-order valence-corrected chi connectivity index (χ3v) is 8.27. The highest BCUT2D eigenvalue weighted by Crippen LogP contribution is 2.59. The Morgan fingerprint density at radius 2 is 2.00 bits per heavy atom. The fourth-order valence-electron chi connectivity index (χ4n) is 6.62. The molecule has 2 saturated carbocycles. The number of carbonyl (C=O) groups is 1. The predicted molar refractivity (Wildman–Crippen MR) is 122 cm³/mol. The molecule has 30 heavy (non-hydrogen) atoms. The summed E-state index contributed by atoms with van der Waals surface area (Å²) in [7, 11) is 0. The molecule has 0 spiro atoms. The third-order valence-electron chi connectivity index (χ3n) is 8.27. The van der Waals surface area contributed by atoms with Crippen LogP contribution in [0.1, 0.15) is 102 Å². The number of phenolic OH excluding ortho intramolecular Hbond substituents is 1. The van der Waals surface area contributed by atoms with Crippen LogP contribution in [0.25, 0.3) is 0 Å². The van der Waals surface area contributed by atoms with Crippen molar-refractivity contribution in [1.29, 1.82) is 0 Å². The van der Waals surface area contributed by atoms with Gasteiger partial charge in [0.05, 0.1) is 0 Å². The Morgan fingerprint density at radius 3 is 2.83 bits per heavy atom. The van der Waals surface area contributed by atoms with E-state index in [9.17, 15) is 9.90 Å². The monoisotopic (exact) mass is 410 g/mol. The van der Waals surface area contributed by atoms with E-state index in [4.69, 9.17) is 0 Å². The molecule has 2 N–H and O–H groups in total. The van der Waals surface area contributed by atoms with Gasteiger partial charge in [0.2, 0.25) is 5.91 Å². The SMILES string of the molecule is CCCCCCCC(=O)N/N=C1\CCC2C3CCc4cc(O)ccc4C3CCC12C. The van der Waals surface area contributed by atoms with Gasteiger partial charge in [-0.05, 0) is 86.0 Å². The number of hydrogen-bond acceptors (Lipinski definition) is 3. The molecule has 4 rings (SSSR count). The smallest absolute Gasteiger partial charge is 0.240 e. The number of aryl methyl sites for hydroxylation is 1. The van der Waals surface area contributed by atoms with Crippen LogP contribution in [0.5, 0.6) is 5.75 Å². The molecule has 0 bridgehead atoms. The Bertz CT molecular complexity index is 802. The zero-order chi connectivity index (χ0) is 21.1. The van der Waals surface area contributed by atoms with Crippen LogP contribution in [0.15, 0.2) is 23.3 Å². The second kappa shape index (κ2) is 9.11. The lowest BCUT2D eigenvalue weighted by atomic mass is 9.55. The summed E-state index contributed by atoms with van der Waals surface area (Å²) in [6.45, 7) is 4.60. The van der Waals surface area contributed by atoms with Crippen molar-refractivity contribution in [3.05, 3.63) is 29.3 Å². The van der Waals surface area contributed by atoms with Gasteiger partial charge in [-0.25, -0.2) is 5.43 Å². The minimum absolute atomic E-state index is 0.0751. The molecule has 3 aliphatic rings. The first kappa shape index (κ1) is 21.4. The highest BCUT2D eigenvalue weighted by molar-refractivity contribution is 5.93. The first-order chi connectivity index (χ1) is 14.5. The van der Waals surface area contributed by atoms with Gasteiger partial charge in [-0.1, -0.05) is 45.6 Å². The molecule has 1 aromatic rings. The normalized spacial score (nSPS) is 31.1. The van der Waals surface area contributed by atoms with Gasteiger partial charge in [-0.2, -0.15) is 5.10 Å². The molecule has 0 aromatic heterocycles. The van der Waals surface area contributed by atoms with Gasteiger partial charge in [-0.15, -0.1) is 0 Å². The van der Waals surface area contributed by atoms with E-state index < -0.39 is 0 Å². The summed E-state index contributed by atoms with van der Waals surface area (Å²) in [6.07, 6.45) is 13.2. The maximum absolute atomic E-state index is 12.3. The van der Waals surface area contributed by atoms with Crippen molar-refractivity contribution < 1.29 is 9.90 Å². The average Bonchev–Trinajstić information content (AvgIpc) is 3.08. The molecule has 4 atom stereocenters. The summed E-state index contributed by atoms with van der Waals surface area (Å²) >= 11 is 0. The number of carbonyl (C=O) groups excluding carboxylic acids is 1. The molecule has 4 heteroatoms. The molecular formula is C26H38N2O2. The Hall–Kier alpha value is -1.84. The summed E-state index contributed by atoms with van der Waals surface area (Å²) in [6, 6.07) is 5.99. The fourth-order valence-corrected chi connectivity index (χ4v) is 6.62. The highest BCUT2D eigenvalue weighted by atomic mass is 16.3. The topological polar surface area (TPSA) is 61.7 Å². The summed E-state index contributed by atoms with van der Waals surface area (Å²) in [5, 5.41) is 14.5. The molecule has 3 aliphatic carbocycles. The summed E-state index contributed by atoms with van der Waals surface area (Å²) in [5.41, 5.74) is 7.05. The number of aromatic hydroxyl groups is 1. The van der Waals surface area contributed by atoms with Gasteiger partial charge in [0.25, 0.3) is 0 Å². The number of phenols is 1. The predicted octanol–water partition coefficient (Wildman–Crippen LogP) is 6.08. The maximum Gasteiger partial charge on any atom is 0.240 e. The van der Waals surface area contributed by atoms with E-state index in [2.05, 4.69) is 30.4 Å². The summed E-state index contributed by atoms with van der Waals surface area (Å²) in [5.74, 6) is 2.44. The van der Waals surface area contributed by atoms with Crippen molar-refractivity contribution in [2.45, 2.75) is 96.8 Å². The van der Waals surface area contributed by atoms with Gasteiger partial charge < -0.3 is 5.11 Å². The van der Waals surface area contributed by atoms with E-state index in [1.807, 2.05) is 12.1 Å². The van der Waals surface area contributed by atoms with Crippen LogP contribution in [-0.4, -0.2) is 16.7 Å². The average molecular weight is 411 g/mol. The lowest BCUT2D eigenvalue weighted by Crippen LogP contribution is -2.43. The van der Waals surface area contributed by atoms with Crippen LogP contribution in [0.3, 0.4) is 0 Å². The second-order valence-electron chi connectivity index (χ2n) is 10.1. The minimum atomic E-state index is 0.0751. The van der Waals surface area contributed by atoms with E-state index in [0.717, 1.165) is 32.1 Å². The number of amides is 1. The zero-order valence-corrected chi connectivity index (χ0v) is 18.8. The largest absolute Gasteiger partial charge is 0.508 e. The van der Waals surface area contributed by atoms with Crippen LogP contribution < -0.4 is 5.43 Å². The zero-order valence-electron chi connectivity index (χ0n) is 18.8. The van der Waals surface area contributed by atoms with Crippen molar-refractivity contribution in [3.63, 3.8) is 0 Å². The molecular weight excluding hydrogens is 372 g/mol. The van der Waals surface area contributed by atoms with E-state index in [-0.39, 0.29) is 11.3 Å². The number of nitrogens with one attached hydrogen (secondary N) is 1. The quantitative estimate of drug-likeness (QED) is 0.422. The third kappa shape index (κ3) is 4.15. The minimum Gasteiger partial charge on any atom is -0.508 e. The molecule has 0 aliphatic heterocycles. The van der Waals surface area contributed by atoms with Crippen LogP contribution >= 0.6 is 0 Å². The lowest BCUT2D eigenvalue weighted by molar-refractivity contribution is -0.121.